The molecule has 1 aliphatic rings. The SMILES string of the molecule is Cc1ccc(N(c2ccc3cc4c(cc3c2)-c2cc3ccc(-c5ccc(C(C)(C)C)cc5)cc3cc2-4)c2cc(C)ccc2C)cc1. The quantitative estimate of drug-likeness (QED) is 0.196. The van der Waals surface area contributed by atoms with Gasteiger partial charge in [-0.05, 0) is 158 Å². The lowest BCUT2D eigenvalue weighted by Gasteiger charge is -2.29. The fourth-order valence-electron chi connectivity index (χ4n) is 6.97. The second-order valence-corrected chi connectivity index (χ2v) is 14.2. The third-order valence-corrected chi connectivity index (χ3v) is 9.76. The van der Waals surface area contributed by atoms with Gasteiger partial charge in [0.25, 0.3) is 0 Å². The molecule has 224 valence electrons. The van der Waals surface area contributed by atoms with E-state index in [0.29, 0.717) is 0 Å². The van der Waals surface area contributed by atoms with Crippen molar-refractivity contribution in [2.24, 2.45) is 0 Å². The molecule has 1 aliphatic carbocycles. The highest BCUT2D eigenvalue weighted by molar-refractivity contribution is 6.12. The Morgan fingerprint density at radius 2 is 0.935 bits per heavy atom. The summed E-state index contributed by atoms with van der Waals surface area (Å²) in [4.78, 5) is 2.40. The largest absolute Gasteiger partial charge is 0.310 e. The van der Waals surface area contributed by atoms with E-state index in [-0.39, 0.29) is 5.41 Å². The highest BCUT2D eigenvalue weighted by atomic mass is 15.1. The van der Waals surface area contributed by atoms with Crippen molar-refractivity contribution in [1.82, 2.24) is 0 Å². The van der Waals surface area contributed by atoms with Crippen LogP contribution in [0, 0.1) is 20.8 Å². The van der Waals surface area contributed by atoms with Crippen LogP contribution in [0.1, 0.15) is 43.0 Å². The number of hydrogen-bond donors (Lipinski definition) is 0. The lowest BCUT2D eigenvalue weighted by molar-refractivity contribution is 0.590. The van der Waals surface area contributed by atoms with Crippen LogP contribution in [0.3, 0.4) is 0 Å². The van der Waals surface area contributed by atoms with Gasteiger partial charge in [-0.25, -0.2) is 0 Å². The first-order chi connectivity index (χ1) is 22.1. The van der Waals surface area contributed by atoms with Gasteiger partial charge in [0.05, 0.1) is 0 Å². The number of hydrogen-bond acceptors (Lipinski definition) is 1. The number of benzene rings is 7. The van der Waals surface area contributed by atoms with Crippen molar-refractivity contribution in [1.29, 1.82) is 0 Å². The molecule has 0 aliphatic heterocycles. The van der Waals surface area contributed by atoms with Crippen LogP contribution in [0.15, 0.2) is 127 Å². The first-order valence-electron chi connectivity index (χ1n) is 16.3. The molecule has 0 spiro atoms. The van der Waals surface area contributed by atoms with Gasteiger partial charge in [0, 0.05) is 17.1 Å². The van der Waals surface area contributed by atoms with E-state index in [0.717, 1.165) is 0 Å². The highest BCUT2D eigenvalue weighted by Crippen LogP contribution is 2.51. The van der Waals surface area contributed by atoms with E-state index in [4.69, 9.17) is 0 Å². The number of rotatable bonds is 4. The number of nitrogens with zero attached hydrogens (tertiary/aromatic N) is 1. The molecule has 0 saturated heterocycles. The zero-order valence-corrected chi connectivity index (χ0v) is 27.6. The summed E-state index contributed by atoms with van der Waals surface area (Å²) in [6.07, 6.45) is 0. The molecular formula is C45H39N. The Balaban J connectivity index is 1.18. The summed E-state index contributed by atoms with van der Waals surface area (Å²) in [5, 5.41) is 5.11. The Hall–Kier alpha value is -5.14. The monoisotopic (exact) mass is 593 g/mol. The van der Waals surface area contributed by atoms with Gasteiger partial charge in [0.15, 0.2) is 0 Å². The van der Waals surface area contributed by atoms with Crippen LogP contribution < -0.4 is 4.90 Å². The molecule has 1 heteroatoms. The smallest absolute Gasteiger partial charge is 0.0493 e. The van der Waals surface area contributed by atoms with E-state index in [1.54, 1.807) is 0 Å². The van der Waals surface area contributed by atoms with Crippen LogP contribution in [-0.2, 0) is 5.41 Å². The van der Waals surface area contributed by atoms with Gasteiger partial charge in [0.2, 0.25) is 0 Å². The fraction of sp³-hybridized carbons (Fsp3) is 0.156. The van der Waals surface area contributed by atoms with E-state index in [1.807, 2.05) is 0 Å². The first kappa shape index (κ1) is 28.3. The second-order valence-electron chi connectivity index (χ2n) is 14.2. The van der Waals surface area contributed by atoms with Gasteiger partial charge in [-0.3, -0.25) is 0 Å². The van der Waals surface area contributed by atoms with Crippen molar-refractivity contribution < 1.29 is 0 Å². The number of anilines is 3. The maximum atomic E-state index is 2.40. The van der Waals surface area contributed by atoms with Gasteiger partial charge >= 0.3 is 0 Å². The molecule has 7 aromatic rings. The van der Waals surface area contributed by atoms with Crippen molar-refractivity contribution >= 4 is 38.6 Å². The van der Waals surface area contributed by atoms with Crippen LogP contribution in [0.4, 0.5) is 17.1 Å². The van der Waals surface area contributed by atoms with Crippen LogP contribution in [0.25, 0.3) is 54.9 Å². The maximum Gasteiger partial charge on any atom is 0.0493 e. The van der Waals surface area contributed by atoms with Crippen LogP contribution in [0.5, 0.6) is 0 Å². The zero-order chi connectivity index (χ0) is 31.7. The molecule has 0 bridgehead atoms. The third-order valence-electron chi connectivity index (χ3n) is 9.76. The van der Waals surface area contributed by atoms with E-state index in [9.17, 15) is 0 Å². The highest BCUT2D eigenvalue weighted by Gasteiger charge is 2.24. The summed E-state index contributed by atoms with van der Waals surface area (Å²) in [5.74, 6) is 0. The molecule has 8 rings (SSSR count). The molecular weight excluding hydrogens is 555 g/mol. The van der Waals surface area contributed by atoms with Crippen molar-refractivity contribution in [2.45, 2.75) is 47.0 Å². The summed E-state index contributed by atoms with van der Waals surface area (Å²) in [6.45, 7) is 13.3. The minimum atomic E-state index is 0.157. The minimum Gasteiger partial charge on any atom is -0.310 e. The summed E-state index contributed by atoms with van der Waals surface area (Å²) >= 11 is 0. The van der Waals surface area contributed by atoms with E-state index < -0.39 is 0 Å². The Bertz CT molecular complexity index is 2300. The number of aryl methyl sites for hydroxylation is 3. The van der Waals surface area contributed by atoms with E-state index in [2.05, 4.69) is 174 Å². The lowest BCUT2D eigenvalue weighted by Crippen LogP contribution is -2.11. The molecule has 0 fully saturated rings. The van der Waals surface area contributed by atoms with Crippen molar-refractivity contribution in [3.05, 3.63) is 150 Å². The van der Waals surface area contributed by atoms with Crippen LogP contribution in [-0.4, -0.2) is 0 Å². The molecule has 0 aromatic heterocycles. The van der Waals surface area contributed by atoms with E-state index >= 15 is 0 Å². The second kappa shape index (κ2) is 10.5. The van der Waals surface area contributed by atoms with Gasteiger partial charge in [-0.15, -0.1) is 0 Å². The van der Waals surface area contributed by atoms with Crippen LogP contribution in [0.2, 0.25) is 0 Å². The Labute approximate surface area is 272 Å². The van der Waals surface area contributed by atoms with Gasteiger partial charge < -0.3 is 4.90 Å². The predicted molar refractivity (Wildman–Crippen MR) is 199 cm³/mol. The van der Waals surface area contributed by atoms with E-state index in [1.165, 1.54) is 94.2 Å². The average Bonchev–Trinajstić information content (AvgIpc) is 3.05. The molecule has 0 radical (unpaired) electrons. The minimum absolute atomic E-state index is 0.157. The van der Waals surface area contributed by atoms with Gasteiger partial charge in [-0.2, -0.15) is 0 Å². The van der Waals surface area contributed by atoms with Gasteiger partial charge in [0.1, 0.15) is 0 Å². The molecule has 0 heterocycles. The molecule has 7 aromatic carbocycles. The zero-order valence-electron chi connectivity index (χ0n) is 27.6. The topological polar surface area (TPSA) is 3.24 Å². The molecule has 0 unspecified atom stereocenters. The summed E-state index contributed by atoms with van der Waals surface area (Å²) in [5.41, 5.74) is 16.8. The first-order valence-corrected chi connectivity index (χ1v) is 16.3. The van der Waals surface area contributed by atoms with Crippen molar-refractivity contribution in [3.8, 4) is 33.4 Å². The molecule has 0 amide bonds. The molecule has 0 N–H and O–H groups in total. The average molecular weight is 594 g/mol. The normalized spacial score (nSPS) is 12.1. The fourth-order valence-corrected chi connectivity index (χ4v) is 6.97. The molecule has 0 saturated carbocycles. The van der Waals surface area contributed by atoms with Crippen molar-refractivity contribution in [3.63, 3.8) is 0 Å². The summed E-state index contributed by atoms with van der Waals surface area (Å²) < 4.78 is 0. The lowest BCUT2D eigenvalue weighted by atomic mass is 9.77. The molecule has 0 atom stereocenters. The number of fused-ring (bicyclic) bond motifs is 6. The molecule has 1 nitrogen and oxygen atoms in total. The summed E-state index contributed by atoms with van der Waals surface area (Å²) in [7, 11) is 0. The molecule has 46 heavy (non-hydrogen) atoms. The Morgan fingerprint density at radius 1 is 0.413 bits per heavy atom. The third kappa shape index (κ3) is 4.79. The Morgan fingerprint density at radius 3 is 1.57 bits per heavy atom. The van der Waals surface area contributed by atoms with Crippen molar-refractivity contribution in [2.75, 3.05) is 4.90 Å². The maximum absolute atomic E-state index is 2.40. The Kier molecular flexibility index (Phi) is 6.44. The van der Waals surface area contributed by atoms with Gasteiger partial charge in [-0.1, -0.05) is 93.1 Å². The summed E-state index contributed by atoms with van der Waals surface area (Å²) in [6, 6.07) is 48.0. The van der Waals surface area contributed by atoms with Crippen LogP contribution >= 0.6 is 0 Å². The predicted octanol–water partition coefficient (Wildman–Crippen LogP) is 13.0. The standard InChI is InChI=1S/C45H39N/c1-28-8-18-38(19-9-28)46(44-21-29(2)7-10-30(44)3)39-20-15-34-25-41-42-26-35-22-32(31-13-16-37(17-14-31)45(4,5)6)11-12-33(35)24-40(42)43(41)27-36(34)23-39/h7-27H,1-6H3.